The molecule has 0 saturated heterocycles. The number of nitrogens with zero attached hydrogens (tertiary/aromatic N) is 2. The SMILES string of the molecule is CC(=O)NC(CO)c1ccc2c(c1)ncn2C. The lowest BCUT2D eigenvalue weighted by molar-refractivity contribution is -0.120. The van der Waals surface area contributed by atoms with Crippen LogP contribution in [-0.4, -0.2) is 27.2 Å². The summed E-state index contributed by atoms with van der Waals surface area (Å²) in [5.74, 6) is -0.162. The van der Waals surface area contributed by atoms with Gasteiger partial charge in [-0.05, 0) is 17.7 Å². The van der Waals surface area contributed by atoms with E-state index in [2.05, 4.69) is 10.3 Å². The number of aromatic nitrogens is 2. The number of aryl methyl sites for hydroxylation is 1. The van der Waals surface area contributed by atoms with Gasteiger partial charge in [0.2, 0.25) is 5.91 Å². The second-order valence-electron chi connectivity index (χ2n) is 4.04. The highest BCUT2D eigenvalue weighted by Gasteiger charge is 2.12. The predicted molar refractivity (Wildman–Crippen MR) is 64.4 cm³/mol. The average Bonchev–Trinajstić information content (AvgIpc) is 2.67. The van der Waals surface area contributed by atoms with Crippen LogP contribution in [0.1, 0.15) is 18.5 Å². The van der Waals surface area contributed by atoms with E-state index >= 15 is 0 Å². The molecule has 1 amide bonds. The Morgan fingerprint density at radius 3 is 3.00 bits per heavy atom. The van der Waals surface area contributed by atoms with Crippen LogP contribution in [0, 0.1) is 0 Å². The van der Waals surface area contributed by atoms with Crippen molar-refractivity contribution in [2.24, 2.45) is 7.05 Å². The molecule has 1 heterocycles. The number of nitrogens with one attached hydrogen (secondary N) is 1. The molecule has 0 saturated carbocycles. The van der Waals surface area contributed by atoms with Gasteiger partial charge in [0.25, 0.3) is 0 Å². The van der Waals surface area contributed by atoms with Crippen molar-refractivity contribution in [3.8, 4) is 0 Å². The van der Waals surface area contributed by atoms with E-state index in [1.807, 2.05) is 29.8 Å². The number of hydrogen-bond donors (Lipinski definition) is 2. The largest absolute Gasteiger partial charge is 0.394 e. The van der Waals surface area contributed by atoms with Crippen LogP contribution in [0.5, 0.6) is 0 Å². The highest BCUT2D eigenvalue weighted by Crippen LogP contribution is 2.19. The van der Waals surface area contributed by atoms with Crippen LogP contribution < -0.4 is 5.32 Å². The summed E-state index contributed by atoms with van der Waals surface area (Å²) in [6, 6.07) is 5.33. The van der Waals surface area contributed by atoms with Crippen molar-refractivity contribution in [1.29, 1.82) is 0 Å². The van der Waals surface area contributed by atoms with E-state index in [0.29, 0.717) is 0 Å². The Bertz CT molecular complexity index is 548. The lowest BCUT2D eigenvalue weighted by Crippen LogP contribution is -2.28. The van der Waals surface area contributed by atoms with Crippen molar-refractivity contribution >= 4 is 16.9 Å². The summed E-state index contributed by atoms with van der Waals surface area (Å²) < 4.78 is 1.92. The van der Waals surface area contributed by atoms with Gasteiger partial charge in [-0.3, -0.25) is 4.79 Å². The van der Waals surface area contributed by atoms with Gasteiger partial charge in [-0.1, -0.05) is 6.07 Å². The fourth-order valence-electron chi connectivity index (χ4n) is 1.85. The molecule has 1 atom stereocenters. The number of carbonyl (C=O) groups excluding carboxylic acids is 1. The monoisotopic (exact) mass is 233 g/mol. The fourth-order valence-corrected chi connectivity index (χ4v) is 1.85. The molecule has 0 bridgehead atoms. The van der Waals surface area contributed by atoms with Gasteiger partial charge in [-0.15, -0.1) is 0 Å². The lowest BCUT2D eigenvalue weighted by Gasteiger charge is -2.15. The minimum absolute atomic E-state index is 0.127. The van der Waals surface area contributed by atoms with E-state index in [1.165, 1.54) is 6.92 Å². The Labute approximate surface area is 99.1 Å². The Hall–Kier alpha value is -1.88. The zero-order valence-corrected chi connectivity index (χ0v) is 9.84. The molecule has 0 spiro atoms. The molecule has 0 aliphatic carbocycles. The van der Waals surface area contributed by atoms with Crippen molar-refractivity contribution in [3.05, 3.63) is 30.1 Å². The van der Waals surface area contributed by atoms with Crippen molar-refractivity contribution in [3.63, 3.8) is 0 Å². The van der Waals surface area contributed by atoms with Crippen LogP contribution >= 0.6 is 0 Å². The molecule has 1 aromatic heterocycles. The van der Waals surface area contributed by atoms with E-state index in [-0.39, 0.29) is 18.6 Å². The van der Waals surface area contributed by atoms with Gasteiger partial charge >= 0.3 is 0 Å². The first-order chi connectivity index (χ1) is 8.11. The first-order valence-corrected chi connectivity index (χ1v) is 5.40. The summed E-state index contributed by atoms with van der Waals surface area (Å²) >= 11 is 0. The fraction of sp³-hybridized carbons (Fsp3) is 0.333. The molecule has 0 aliphatic heterocycles. The minimum atomic E-state index is -0.376. The maximum absolute atomic E-state index is 11.0. The molecule has 5 nitrogen and oxygen atoms in total. The van der Waals surface area contributed by atoms with Crippen molar-refractivity contribution in [1.82, 2.24) is 14.9 Å². The van der Waals surface area contributed by atoms with Gasteiger partial charge in [0.1, 0.15) is 0 Å². The highest BCUT2D eigenvalue weighted by atomic mass is 16.3. The van der Waals surface area contributed by atoms with Crippen LogP contribution in [0.4, 0.5) is 0 Å². The molecule has 0 aliphatic rings. The molecule has 2 aromatic rings. The van der Waals surface area contributed by atoms with Crippen molar-refractivity contribution in [2.75, 3.05) is 6.61 Å². The van der Waals surface area contributed by atoms with Crippen LogP contribution in [0.2, 0.25) is 0 Å². The van der Waals surface area contributed by atoms with Crippen LogP contribution in [-0.2, 0) is 11.8 Å². The molecular formula is C12H15N3O2. The number of imidazole rings is 1. The quantitative estimate of drug-likeness (QED) is 0.821. The Morgan fingerprint density at radius 2 is 2.35 bits per heavy atom. The Balaban J connectivity index is 2.37. The van der Waals surface area contributed by atoms with E-state index < -0.39 is 0 Å². The third-order valence-electron chi connectivity index (χ3n) is 2.71. The number of rotatable bonds is 3. The maximum atomic E-state index is 11.0. The molecule has 2 rings (SSSR count). The first kappa shape index (κ1) is 11.6. The molecular weight excluding hydrogens is 218 g/mol. The molecule has 2 N–H and O–H groups in total. The van der Waals surface area contributed by atoms with Gasteiger partial charge in [0.15, 0.2) is 0 Å². The molecule has 17 heavy (non-hydrogen) atoms. The zero-order valence-electron chi connectivity index (χ0n) is 9.84. The molecule has 1 aromatic carbocycles. The number of aliphatic hydroxyl groups excluding tert-OH is 1. The minimum Gasteiger partial charge on any atom is -0.394 e. The number of benzene rings is 1. The lowest BCUT2D eigenvalue weighted by atomic mass is 10.1. The second kappa shape index (κ2) is 4.55. The second-order valence-corrected chi connectivity index (χ2v) is 4.04. The number of aliphatic hydroxyl groups is 1. The summed E-state index contributed by atoms with van der Waals surface area (Å²) in [7, 11) is 1.92. The normalized spacial score (nSPS) is 12.6. The first-order valence-electron chi connectivity index (χ1n) is 5.40. The standard InChI is InChI=1S/C12H15N3O2/c1-8(17)14-11(6-16)9-3-4-12-10(5-9)13-7-15(12)2/h3-5,7,11,16H,6H2,1-2H3,(H,14,17). The number of hydrogen-bond acceptors (Lipinski definition) is 3. The van der Waals surface area contributed by atoms with Gasteiger partial charge in [0.05, 0.1) is 30.0 Å². The predicted octanol–water partition coefficient (Wildman–Crippen LogP) is 0.743. The molecule has 0 fully saturated rings. The Kier molecular flexibility index (Phi) is 3.10. The summed E-state index contributed by atoms with van der Waals surface area (Å²) in [5, 5.41) is 12.0. The van der Waals surface area contributed by atoms with Crippen LogP contribution in [0.15, 0.2) is 24.5 Å². The summed E-state index contributed by atoms with van der Waals surface area (Å²) in [6.45, 7) is 1.31. The van der Waals surface area contributed by atoms with Gasteiger partial charge < -0.3 is 15.0 Å². The maximum Gasteiger partial charge on any atom is 0.217 e. The summed E-state index contributed by atoms with van der Waals surface area (Å²) in [6.07, 6.45) is 1.74. The molecule has 1 unspecified atom stereocenters. The summed E-state index contributed by atoms with van der Waals surface area (Å²) in [4.78, 5) is 15.3. The number of amides is 1. The third-order valence-corrected chi connectivity index (χ3v) is 2.71. The number of fused-ring (bicyclic) bond motifs is 1. The van der Waals surface area contributed by atoms with Crippen LogP contribution in [0.3, 0.4) is 0 Å². The smallest absolute Gasteiger partial charge is 0.217 e. The van der Waals surface area contributed by atoms with Gasteiger partial charge in [0, 0.05) is 14.0 Å². The molecule has 90 valence electrons. The highest BCUT2D eigenvalue weighted by molar-refractivity contribution is 5.77. The van der Waals surface area contributed by atoms with Gasteiger partial charge in [-0.25, -0.2) is 4.98 Å². The molecule has 0 radical (unpaired) electrons. The van der Waals surface area contributed by atoms with Crippen LogP contribution in [0.25, 0.3) is 11.0 Å². The topological polar surface area (TPSA) is 67.2 Å². The van der Waals surface area contributed by atoms with E-state index in [1.54, 1.807) is 6.33 Å². The van der Waals surface area contributed by atoms with E-state index in [4.69, 9.17) is 0 Å². The van der Waals surface area contributed by atoms with E-state index in [9.17, 15) is 9.90 Å². The summed E-state index contributed by atoms with van der Waals surface area (Å²) in [5.41, 5.74) is 2.73. The van der Waals surface area contributed by atoms with Crippen molar-refractivity contribution in [2.45, 2.75) is 13.0 Å². The Morgan fingerprint density at radius 1 is 1.59 bits per heavy atom. The third kappa shape index (κ3) is 2.29. The number of carbonyl (C=O) groups is 1. The zero-order chi connectivity index (χ0) is 12.4. The molecule has 5 heteroatoms. The average molecular weight is 233 g/mol. The van der Waals surface area contributed by atoms with Gasteiger partial charge in [-0.2, -0.15) is 0 Å². The van der Waals surface area contributed by atoms with E-state index in [0.717, 1.165) is 16.6 Å². The van der Waals surface area contributed by atoms with Crippen molar-refractivity contribution < 1.29 is 9.90 Å².